The molecule has 1 aliphatic rings. The van der Waals surface area contributed by atoms with Crippen molar-refractivity contribution in [2.24, 2.45) is 5.92 Å². The highest BCUT2D eigenvalue weighted by molar-refractivity contribution is 5.92. The van der Waals surface area contributed by atoms with Gasteiger partial charge in [0.15, 0.2) is 5.69 Å². The summed E-state index contributed by atoms with van der Waals surface area (Å²) in [7, 11) is 0. The molecule has 0 saturated heterocycles. The zero-order valence-electron chi connectivity index (χ0n) is 13.8. The van der Waals surface area contributed by atoms with Crippen molar-refractivity contribution < 1.29 is 9.21 Å². The molecule has 3 aromatic rings. The highest BCUT2D eigenvalue weighted by atomic mass is 16.3. The number of nitrogens with one attached hydrogen (secondary N) is 1. The van der Waals surface area contributed by atoms with Crippen LogP contribution in [0.3, 0.4) is 0 Å². The lowest BCUT2D eigenvalue weighted by Crippen LogP contribution is -2.34. The fourth-order valence-electron chi connectivity index (χ4n) is 2.63. The Morgan fingerprint density at radius 2 is 2.16 bits per heavy atom. The summed E-state index contributed by atoms with van der Waals surface area (Å²) in [6.45, 7) is 2.02. The molecule has 0 radical (unpaired) electrons. The maximum atomic E-state index is 12.2. The molecule has 8 nitrogen and oxygen atoms in total. The minimum Gasteiger partial charge on any atom is -0.448 e. The first-order valence-corrected chi connectivity index (χ1v) is 8.26. The lowest BCUT2D eigenvalue weighted by molar-refractivity contribution is 0.0930. The van der Waals surface area contributed by atoms with Crippen molar-refractivity contribution in [2.75, 3.05) is 0 Å². The van der Waals surface area contributed by atoms with Crippen molar-refractivity contribution in [2.45, 2.75) is 32.2 Å². The molecule has 1 amide bonds. The largest absolute Gasteiger partial charge is 0.448 e. The number of oxazole rings is 1. The molecule has 0 aliphatic heterocycles. The second-order valence-electron chi connectivity index (χ2n) is 6.23. The normalized spacial score (nSPS) is 15.1. The number of carbonyl (C=O) groups excluding carboxylic acids is 1. The molecule has 3 aromatic heterocycles. The van der Waals surface area contributed by atoms with E-state index in [4.69, 9.17) is 4.42 Å². The maximum Gasteiger partial charge on any atom is 0.273 e. The second-order valence-corrected chi connectivity index (χ2v) is 6.23. The van der Waals surface area contributed by atoms with Crippen LogP contribution in [-0.4, -0.2) is 36.9 Å². The molecule has 1 N–H and O–H groups in total. The van der Waals surface area contributed by atoms with Crippen LogP contribution < -0.4 is 5.32 Å². The van der Waals surface area contributed by atoms with Crippen molar-refractivity contribution in [1.29, 1.82) is 0 Å². The summed E-state index contributed by atoms with van der Waals surface area (Å²) in [5.74, 6) is 0.867. The van der Waals surface area contributed by atoms with Gasteiger partial charge in [-0.2, -0.15) is 15.0 Å². The van der Waals surface area contributed by atoms with Crippen molar-refractivity contribution in [1.82, 2.24) is 30.3 Å². The Hall–Kier alpha value is -3.03. The molecule has 8 heteroatoms. The molecule has 0 aromatic carbocycles. The predicted octanol–water partition coefficient (Wildman–Crippen LogP) is 1.77. The van der Waals surface area contributed by atoms with Gasteiger partial charge in [-0.1, -0.05) is 0 Å². The van der Waals surface area contributed by atoms with Crippen LogP contribution in [-0.2, 0) is 6.42 Å². The van der Waals surface area contributed by atoms with Crippen molar-refractivity contribution in [3.05, 3.63) is 54.3 Å². The maximum absolute atomic E-state index is 12.2. The molecule has 1 saturated carbocycles. The Labute approximate surface area is 144 Å². The predicted molar refractivity (Wildman–Crippen MR) is 88.1 cm³/mol. The van der Waals surface area contributed by atoms with Crippen molar-refractivity contribution in [3.63, 3.8) is 0 Å². The van der Waals surface area contributed by atoms with Gasteiger partial charge in [0, 0.05) is 11.7 Å². The third-order valence-electron chi connectivity index (χ3n) is 4.26. The zero-order chi connectivity index (χ0) is 17.2. The van der Waals surface area contributed by atoms with Gasteiger partial charge < -0.3 is 9.73 Å². The van der Waals surface area contributed by atoms with E-state index in [1.165, 1.54) is 23.9 Å². The van der Waals surface area contributed by atoms with E-state index in [0.29, 0.717) is 23.9 Å². The lowest BCUT2D eigenvalue weighted by Gasteiger charge is -2.10. The highest BCUT2D eigenvalue weighted by Crippen LogP contribution is 2.32. The van der Waals surface area contributed by atoms with Gasteiger partial charge in [-0.25, -0.2) is 4.98 Å². The molecule has 0 unspecified atom stereocenters. The summed E-state index contributed by atoms with van der Waals surface area (Å²) in [4.78, 5) is 22.3. The van der Waals surface area contributed by atoms with Crippen LogP contribution in [0.2, 0.25) is 0 Å². The number of rotatable bonds is 6. The number of aromatic nitrogens is 5. The van der Waals surface area contributed by atoms with E-state index in [1.54, 1.807) is 18.6 Å². The highest BCUT2D eigenvalue weighted by Gasteiger charge is 2.29. The number of nitrogens with zero attached hydrogens (tertiary/aromatic N) is 5. The van der Waals surface area contributed by atoms with Gasteiger partial charge in [0.1, 0.15) is 12.0 Å². The number of pyridine rings is 1. The molecular formula is C17H18N6O2. The number of carbonyl (C=O) groups is 1. The lowest BCUT2D eigenvalue weighted by atomic mass is 10.2. The fourth-order valence-corrected chi connectivity index (χ4v) is 2.63. The van der Waals surface area contributed by atoms with Crippen LogP contribution in [0.5, 0.6) is 0 Å². The minimum absolute atomic E-state index is 0.178. The first kappa shape index (κ1) is 15.5. The average Bonchev–Trinajstić information content (AvgIpc) is 3.13. The van der Waals surface area contributed by atoms with Crippen LogP contribution in [0.4, 0.5) is 0 Å². The van der Waals surface area contributed by atoms with Gasteiger partial charge in [-0.05, 0) is 37.8 Å². The Balaban J connectivity index is 1.39. The Bertz CT molecular complexity index is 852. The summed E-state index contributed by atoms with van der Waals surface area (Å²) in [6, 6.07) is 3.91. The topological polar surface area (TPSA) is 98.7 Å². The Morgan fingerprint density at radius 1 is 1.36 bits per heavy atom. The molecule has 128 valence electrons. The zero-order valence-corrected chi connectivity index (χ0v) is 13.8. The summed E-state index contributed by atoms with van der Waals surface area (Å²) < 4.78 is 5.41. The van der Waals surface area contributed by atoms with Crippen LogP contribution in [0, 0.1) is 5.92 Å². The van der Waals surface area contributed by atoms with E-state index < -0.39 is 0 Å². The molecule has 4 rings (SSSR count). The van der Waals surface area contributed by atoms with Gasteiger partial charge in [-0.15, -0.1) is 0 Å². The monoisotopic (exact) mass is 338 g/mol. The fraction of sp³-hybridized carbons (Fsp3) is 0.353. The van der Waals surface area contributed by atoms with Gasteiger partial charge >= 0.3 is 0 Å². The average molecular weight is 338 g/mol. The van der Waals surface area contributed by atoms with Crippen LogP contribution >= 0.6 is 0 Å². The van der Waals surface area contributed by atoms with Crippen LogP contribution in [0.1, 0.15) is 41.8 Å². The molecule has 1 aliphatic carbocycles. The van der Waals surface area contributed by atoms with Crippen LogP contribution in [0.25, 0.3) is 5.69 Å². The van der Waals surface area contributed by atoms with Crippen molar-refractivity contribution in [3.8, 4) is 5.69 Å². The molecule has 25 heavy (non-hydrogen) atoms. The quantitative estimate of drug-likeness (QED) is 0.735. The Morgan fingerprint density at radius 3 is 2.84 bits per heavy atom. The molecule has 0 spiro atoms. The summed E-state index contributed by atoms with van der Waals surface area (Å²) in [5.41, 5.74) is 1.87. The summed E-state index contributed by atoms with van der Waals surface area (Å²) in [5, 5.41) is 11.1. The standard InChI is InChI=1S/C17H18N6O2/c1-11(12-2-3-12)21-17(24)15-10-25-16(22-15)8-13-4-5-14(9-18-13)23-19-6-7-20-23/h4-7,9-12H,2-3,8H2,1H3,(H,21,24)/t11-/m0/s1. The van der Waals surface area contributed by atoms with E-state index >= 15 is 0 Å². The van der Waals surface area contributed by atoms with E-state index in [-0.39, 0.29) is 11.9 Å². The molecule has 1 atom stereocenters. The third kappa shape index (κ3) is 3.57. The van der Waals surface area contributed by atoms with Crippen LogP contribution in [0.15, 0.2) is 41.4 Å². The first-order chi connectivity index (χ1) is 12.2. The molecule has 3 heterocycles. The number of amides is 1. The molecular weight excluding hydrogens is 320 g/mol. The number of hydrogen-bond acceptors (Lipinski definition) is 6. The minimum atomic E-state index is -0.192. The Kier molecular flexibility index (Phi) is 4.01. The van der Waals surface area contributed by atoms with E-state index in [1.807, 2.05) is 19.1 Å². The number of hydrogen-bond donors (Lipinski definition) is 1. The van der Waals surface area contributed by atoms with Gasteiger partial charge in [0.2, 0.25) is 5.89 Å². The SMILES string of the molecule is C[C@H](NC(=O)c1coc(Cc2ccc(-n3nccn3)cn2)n1)C1CC1. The first-order valence-electron chi connectivity index (χ1n) is 8.26. The summed E-state index contributed by atoms with van der Waals surface area (Å²) in [6.07, 6.45) is 9.07. The van der Waals surface area contributed by atoms with Gasteiger partial charge in [-0.3, -0.25) is 9.78 Å². The van der Waals surface area contributed by atoms with E-state index in [9.17, 15) is 4.79 Å². The molecule has 0 bridgehead atoms. The summed E-state index contributed by atoms with van der Waals surface area (Å²) >= 11 is 0. The van der Waals surface area contributed by atoms with Crippen molar-refractivity contribution >= 4 is 5.91 Å². The van der Waals surface area contributed by atoms with E-state index in [2.05, 4.69) is 25.5 Å². The molecule has 1 fully saturated rings. The van der Waals surface area contributed by atoms with Gasteiger partial charge in [0.05, 0.1) is 25.0 Å². The second kappa shape index (κ2) is 6.46. The smallest absolute Gasteiger partial charge is 0.273 e. The van der Waals surface area contributed by atoms with Gasteiger partial charge in [0.25, 0.3) is 5.91 Å². The third-order valence-corrected chi connectivity index (χ3v) is 4.26. The van der Waals surface area contributed by atoms with E-state index in [0.717, 1.165) is 11.4 Å².